The largest absolute Gasteiger partial charge is 0.352 e. The Labute approximate surface area is 151 Å². The number of hydrogen-bond donors (Lipinski definition) is 1. The molecule has 0 aliphatic heterocycles. The molecule has 1 fully saturated rings. The molecule has 0 spiro atoms. The van der Waals surface area contributed by atoms with Crippen LogP contribution >= 0.6 is 11.6 Å². The van der Waals surface area contributed by atoms with E-state index in [9.17, 15) is 4.79 Å². The van der Waals surface area contributed by atoms with Gasteiger partial charge in [0.2, 0.25) is 5.95 Å². The Morgan fingerprint density at radius 1 is 1.20 bits per heavy atom. The number of nitrogens with one attached hydrogen (secondary N) is 1. The normalized spacial score (nSPS) is 14.9. The third-order valence-electron chi connectivity index (χ3n) is 4.82. The number of aromatic nitrogens is 3. The number of hydrogen-bond acceptors (Lipinski definition) is 3. The molecule has 128 valence electrons. The standard InChI is InChI=1S/C19H19ClN4O/c20-15-7-3-8-16-17(15)14(12-24(16)19-21-9-4-10-22-19)18(25)23-11-13-5-1-2-6-13/h3-4,7-10,12-13H,1-2,5-6,11H2,(H,23,25). The van der Waals surface area contributed by atoms with Crippen molar-refractivity contribution in [3.05, 3.63) is 53.4 Å². The molecule has 0 atom stereocenters. The average Bonchev–Trinajstić information content (AvgIpc) is 3.29. The zero-order valence-corrected chi connectivity index (χ0v) is 14.5. The molecule has 25 heavy (non-hydrogen) atoms. The quantitative estimate of drug-likeness (QED) is 0.770. The van der Waals surface area contributed by atoms with E-state index in [-0.39, 0.29) is 5.91 Å². The summed E-state index contributed by atoms with van der Waals surface area (Å²) in [6.45, 7) is 0.720. The number of nitrogens with zero attached hydrogens (tertiary/aromatic N) is 3. The minimum atomic E-state index is -0.0975. The van der Waals surface area contributed by atoms with Gasteiger partial charge in [0.05, 0.1) is 16.1 Å². The van der Waals surface area contributed by atoms with Crippen molar-refractivity contribution in [3.63, 3.8) is 0 Å². The average molecular weight is 355 g/mol. The molecule has 1 aromatic carbocycles. The maximum Gasteiger partial charge on any atom is 0.253 e. The second-order valence-corrected chi connectivity index (χ2v) is 6.86. The number of fused-ring (bicyclic) bond motifs is 1. The minimum absolute atomic E-state index is 0.0975. The number of rotatable bonds is 4. The van der Waals surface area contributed by atoms with E-state index in [1.165, 1.54) is 25.7 Å². The Balaban J connectivity index is 1.72. The molecule has 6 heteroatoms. The van der Waals surface area contributed by atoms with Gasteiger partial charge in [-0.15, -0.1) is 0 Å². The van der Waals surface area contributed by atoms with Crippen LogP contribution in [0.4, 0.5) is 0 Å². The lowest BCUT2D eigenvalue weighted by atomic mass is 10.1. The highest BCUT2D eigenvalue weighted by atomic mass is 35.5. The van der Waals surface area contributed by atoms with Crippen LogP contribution in [0.15, 0.2) is 42.9 Å². The molecule has 0 bridgehead atoms. The van der Waals surface area contributed by atoms with Crippen LogP contribution in [0.5, 0.6) is 0 Å². The summed E-state index contributed by atoms with van der Waals surface area (Å²) in [5.41, 5.74) is 1.38. The smallest absolute Gasteiger partial charge is 0.253 e. The molecule has 0 radical (unpaired) electrons. The summed E-state index contributed by atoms with van der Waals surface area (Å²) in [5, 5.41) is 4.36. The Bertz CT molecular complexity index is 900. The predicted octanol–water partition coefficient (Wildman–Crippen LogP) is 3.99. The summed E-state index contributed by atoms with van der Waals surface area (Å²) in [5.74, 6) is 1.01. The number of carbonyl (C=O) groups excluding carboxylic acids is 1. The molecule has 1 aliphatic rings. The van der Waals surface area contributed by atoms with Crippen LogP contribution < -0.4 is 5.32 Å². The molecular formula is C19H19ClN4O. The third-order valence-corrected chi connectivity index (χ3v) is 5.13. The van der Waals surface area contributed by atoms with E-state index in [2.05, 4.69) is 15.3 Å². The summed E-state index contributed by atoms with van der Waals surface area (Å²) >= 11 is 6.40. The topological polar surface area (TPSA) is 59.8 Å². The second kappa shape index (κ2) is 6.84. The zero-order valence-electron chi connectivity index (χ0n) is 13.8. The van der Waals surface area contributed by atoms with Crippen LogP contribution in [0.3, 0.4) is 0 Å². The number of carbonyl (C=O) groups is 1. The minimum Gasteiger partial charge on any atom is -0.352 e. The summed E-state index contributed by atoms with van der Waals surface area (Å²) in [6, 6.07) is 7.35. The van der Waals surface area contributed by atoms with Crippen molar-refractivity contribution in [2.24, 2.45) is 5.92 Å². The Hall–Kier alpha value is -2.40. The van der Waals surface area contributed by atoms with Gasteiger partial charge < -0.3 is 5.32 Å². The van der Waals surface area contributed by atoms with Crippen molar-refractivity contribution >= 4 is 28.4 Å². The predicted molar refractivity (Wildman–Crippen MR) is 98.2 cm³/mol. The monoisotopic (exact) mass is 354 g/mol. The molecule has 4 rings (SSSR count). The van der Waals surface area contributed by atoms with Gasteiger partial charge in [-0.2, -0.15) is 0 Å². The van der Waals surface area contributed by atoms with E-state index in [1.54, 1.807) is 30.7 Å². The van der Waals surface area contributed by atoms with Crippen molar-refractivity contribution in [1.29, 1.82) is 0 Å². The van der Waals surface area contributed by atoms with Gasteiger partial charge in [0.25, 0.3) is 5.91 Å². The van der Waals surface area contributed by atoms with Crippen LogP contribution in [-0.4, -0.2) is 27.0 Å². The van der Waals surface area contributed by atoms with Crippen LogP contribution in [0.2, 0.25) is 5.02 Å². The van der Waals surface area contributed by atoms with Gasteiger partial charge in [-0.1, -0.05) is 30.5 Å². The number of amides is 1. The van der Waals surface area contributed by atoms with E-state index >= 15 is 0 Å². The Morgan fingerprint density at radius 3 is 2.72 bits per heavy atom. The lowest BCUT2D eigenvalue weighted by Crippen LogP contribution is -2.28. The summed E-state index contributed by atoms with van der Waals surface area (Å²) in [6.07, 6.45) is 10.0. The highest BCUT2D eigenvalue weighted by Gasteiger charge is 2.21. The van der Waals surface area contributed by atoms with Gasteiger partial charge in [-0.25, -0.2) is 9.97 Å². The van der Waals surface area contributed by atoms with Crippen LogP contribution in [0, 0.1) is 5.92 Å². The number of halogens is 1. The van der Waals surface area contributed by atoms with Gasteiger partial charge in [0.1, 0.15) is 0 Å². The zero-order chi connectivity index (χ0) is 17.2. The fraction of sp³-hybridized carbons (Fsp3) is 0.316. The molecule has 1 N–H and O–H groups in total. The van der Waals surface area contributed by atoms with Crippen molar-refractivity contribution in [3.8, 4) is 5.95 Å². The first-order valence-electron chi connectivity index (χ1n) is 8.59. The molecule has 3 aromatic rings. The molecular weight excluding hydrogens is 336 g/mol. The molecule has 2 aromatic heterocycles. The molecule has 1 amide bonds. The molecule has 1 aliphatic carbocycles. The van der Waals surface area contributed by atoms with E-state index in [0.29, 0.717) is 22.5 Å². The Kier molecular flexibility index (Phi) is 4.40. The lowest BCUT2D eigenvalue weighted by molar-refractivity contribution is 0.0949. The van der Waals surface area contributed by atoms with E-state index < -0.39 is 0 Å². The Morgan fingerprint density at radius 2 is 1.96 bits per heavy atom. The fourth-order valence-electron chi connectivity index (χ4n) is 3.54. The molecule has 2 heterocycles. The van der Waals surface area contributed by atoms with Crippen molar-refractivity contribution in [1.82, 2.24) is 19.9 Å². The van der Waals surface area contributed by atoms with Gasteiger partial charge in [-0.05, 0) is 37.0 Å². The lowest BCUT2D eigenvalue weighted by Gasteiger charge is -2.10. The highest BCUT2D eigenvalue weighted by molar-refractivity contribution is 6.37. The fourth-order valence-corrected chi connectivity index (χ4v) is 3.81. The van der Waals surface area contributed by atoms with Crippen molar-refractivity contribution < 1.29 is 4.79 Å². The number of benzene rings is 1. The first-order chi connectivity index (χ1) is 12.2. The first kappa shape index (κ1) is 16.1. The van der Waals surface area contributed by atoms with Gasteiger partial charge in [-0.3, -0.25) is 9.36 Å². The van der Waals surface area contributed by atoms with Gasteiger partial charge in [0.15, 0.2) is 0 Å². The van der Waals surface area contributed by atoms with E-state index in [1.807, 2.05) is 16.7 Å². The second-order valence-electron chi connectivity index (χ2n) is 6.46. The van der Waals surface area contributed by atoms with Crippen LogP contribution in [-0.2, 0) is 0 Å². The van der Waals surface area contributed by atoms with Crippen molar-refractivity contribution in [2.45, 2.75) is 25.7 Å². The SMILES string of the molecule is O=C(NCC1CCCC1)c1cn(-c2ncccn2)c2cccc(Cl)c12. The van der Waals surface area contributed by atoms with Crippen molar-refractivity contribution in [2.75, 3.05) is 6.54 Å². The van der Waals surface area contributed by atoms with E-state index in [4.69, 9.17) is 11.6 Å². The summed E-state index contributed by atoms with van der Waals surface area (Å²) in [7, 11) is 0. The summed E-state index contributed by atoms with van der Waals surface area (Å²) in [4.78, 5) is 21.4. The van der Waals surface area contributed by atoms with Crippen LogP contribution in [0.25, 0.3) is 16.9 Å². The molecule has 0 saturated heterocycles. The third kappa shape index (κ3) is 3.12. The van der Waals surface area contributed by atoms with Crippen LogP contribution in [0.1, 0.15) is 36.0 Å². The highest BCUT2D eigenvalue weighted by Crippen LogP contribution is 2.30. The van der Waals surface area contributed by atoms with E-state index in [0.717, 1.165) is 17.4 Å². The maximum atomic E-state index is 12.8. The molecule has 1 saturated carbocycles. The summed E-state index contributed by atoms with van der Waals surface area (Å²) < 4.78 is 1.81. The van der Waals surface area contributed by atoms with Gasteiger partial charge in [0, 0.05) is 30.5 Å². The maximum absolute atomic E-state index is 12.8. The molecule has 5 nitrogen and oxygen atoms in total. The first-order valence-corrected chi connectivity index (χ1v) is 8.97. The molecule has 0 unspecified atom stereocenters. The van der Waals surface area contributed by atoms with Gasteiger partial charge >= 0.3 is 0 Å².